The number of aromatic nitrogens is 1. The first-order valence-corrected chi connectivity index (χ1v) is 8.44. The predicted octanol–water partition coefficient (Wildman–Crippen LogP) is 2.57. The van der Waals surface area contributed by atoms with Gasteiger partial charge < -0.3 is 19.5 Å². The molecular weight excluding hydrogens is 332 g/mol. The minimum atomic E-state index is -0.663. The third-order valence-corrected chi connectivity index (χ3v) is 4.06. The zero-order valence-corrected chi connectivity index (χ0v) is 14.1. The molecule has 4 rings (SSSR count). The van der Waals surface area contributed by atoms with E-state index in [1.165, 1.54) is 0 Å². The highest BCUT2D eigenvalue weighted by Crippen LogP contribution is 2.30. The van der Waals surface area contributed by atoms with E-state index >= 15 is 0 Å². The highest BCUT2D eigenvalue weighted by Gasteiger charge is 2.26. The molecule has 132 valence electrons. The highest BCUT2D eigenvalue weighted by atomic mass is 16.6. The van der Waals surface area contributed by atoms with Crippen molar-refractivity contribution in [3.05, 3.63) is 60.8 Å². The molecule has 0 bridgehead atoms. The molecule has 1 atom stereocenters. The van der Waals surface area contributed by atoms with Crippen LogP contribution in [-0.4, -0.2) is 36.8 Å². The number of nitrogens with zero attached hydrogens (tertiary/aromatic N) is 1. The summed E-state index contributed by atoms with van der Waals surface area (Å²) in [4.78, 5) is 16.6. The zero-order chi connectivity index (χ0) is 17.8. The Morgan fingerprint density at radius 2 is 1.96 bits per heavy atom. The summed E-state index contributed by atoms with van der Waals surface area (Å²) in [6.45, 7) is 0.895. The molecule has 1 aliphatic heterocycles. The Morgan fingerprint density at radius 3 is 2.88 bits per heavy atom. The van der Waals surface area contributed by atoms with Crippen molar-refractivity contribution in [2.45, 2.75) is 6.10 Å². The number of hydrogen-bond donors (Lipinski definition) is 1. The summed E-state index contributed by atoms with van der Waals surface area (Å²) in [5.74, 6) is 1.71. The second kappa shape index (κ2) is 7.31. The number of hydrogen-bond acceptors (Lipinski definition) is 5. The molecule has 6 nitrogen and oxygen atoms in total. The first-order chi connectivity index (χ1) is 12.8. The van der Waals surface area contributed by atoms with Gasteiger partial charge in [-0.2, -0.15) is 0 Å². The quantitative estimate of drug-likeness (QED) is 0.716. The number of ether oxygens (including phenoxy) is 3. The average molecular weight is 350 g/mol. The van der Waals surface area contributed by atoms with Crippen LogP contribution >= 0.6 is 0 Å². The Morgan fingerprint density at radius 1 is 1.12 bits per heavy atom. The molecule has 1 aliphatic rings. The predicted molar refractivity (Wildman–Crippen MR) is 96.6 cm³/mol. The number of carbonyl (C=O) groups is 1. The van der Waals surface area contributed by atoms with E-state index in [1.807, 2.05) is 48.5 Å². The van der Waals surface area contributed by atoms with Crippen LogP contribution in [0.1, 0.15) is 0 Å². The molecule has 0 aliphatic carbocycles. The van der Waals surface area contributed by atoms with Gasteiger partial charge in [-0.15, -0.1) is 0 Å². The SMILES string of the molecule is O=C(NCCOc1cccc2cccnc12)C1COc2ccccc2O1. The number of nitrogens with one attached hydrogen (secondary N) is 1. The minimum Gasteiger partial charge on any atom is -0.489 e. The molecule has 0 fully saturated rings. The molecule has 2 aromatic carbocycles. The second-order valence-electron chi connectivity index (χ2n) is 5.83. The molecule has 0 saturated heterocycles. The summed E-state index contributed by atoms with van der Waals surface area (Å²) in [6, 6.07) is 16.9. The van der Waals surface area contributed by atoms with Gasteiger partial charge in [0.05, 0.1) is 6.54 Å². The summed E-state index contributed by atoms with van der Waals surface area (Å²) in [7, 11) is 0. The Hall–Kier alpha value is -3.28. The first-order valence-electron chi connectivity index (χ1n) is 8.44. The van der Waals surface area contributed by atoms with Crippen LogP contribution in [-0.2, 0) is 4.79 Å². The van der Waals surface area contributed by atoms with E-state index < -0.39 is 6.10 Å². The molecule has 1 N–H and O–H groups in total. The standard InChI is InChI=1S/C20H18N2O4/c23-20(18-13-25-15-7-1-2-8-16(15)26-18)22-11-12-24-17-9-3-5-14-6-4-10-21-19(14)17/h1-10,18H,11-13H2,(H,22,23). The fourth-order valence-corrected chi connectivity index (χ4v) is 2.79. The molecule has 26 heavy (non-hydrogen) atoms. The van der Waals surface area contributed by atoms with Gasteiger partial charge in [0.15, 0.2) is 11.5 Å². The van der Waals surface area contributed by atoms with Crippen molar-refractivity contribution < 1.29 is 19.0 Å². The lowest BCUT2D eigenvalue weighted by Gasteiger charge is -2.25. The number of carbonyl (C=O) groups excluding carboxylic acids is 1. The Kier molecular flexibility index (Phi) is 4.55. The van der Waals surface area contributed by atoms with Crippen molar-refractivity contribution in [3.8, 4) is 17.2 Å². The number of rotatable bonds is 5. The highest BCUT2D eigenvalue weighted by molar-refractivity contribution is 5.84. The number of fused-ring (bicyclic) bond motifs is 2. The van der Waals surface area contributed by atoms with Crippen LogP contribution < -0.4 is 19.5 Å². The van der Waals surface area contributed by atoms with Gasteiger partial charge in [0, 0.05) is 11.6 Å². The lowest BCUT2D eigenvalue weighted by atomic mass is 10.2. The minimum absolute atomic E-state index is 0.191. The molecular formula is C20H18N2O4. The van der Waals surface area contributed by atoms with Crippen molar-refractivity contribution in [2.75, 3.05) is 19.8 Å². The Balaban J connectivity index is 1.29. The molecule has 1 aromatic heterocycles. The normalized spacial score (nSPS) is 15.5. The van der Waals surface area contributed by atoms with Gasteiger partial charge in [-0.05, 0) is 24.3 Å². The number of benzene rings is 2. The van der Waals surface area contributed by atoms with Gasteiger partial charge in [-0.3, -0.25) is 9.78 Å². The van der Waals surface area contributed by atoms with Crippen molar-refractivity contribution in [1.82, 2.24) is 10.3 Å². The fourth-order valence-electron chi connectivity index (χ4n) is 2.79. The smallest absolute Gasteiger partial charge is 0.264 e. The molecule has 6 heteroatoms. The molecule has 0 spiro atoms. The largest absolute Gasteiger partial charge is 0.489 e. The van der Waals surface area contributed by atoms with E-state index in [1.54, 1.807) is 12.3 Å². The number of para-hydroxylation sites is 3. The summed E-state index contributed by atoms with van der Waals surface area (Å²) in [5, 5.41) is 3.83. The van der Waals surface area contributed by atoms with Crippen molar-refractivity contribution >= 4 is 16.8 Å². The Labute approximate surface area is 150 Å². The lowest BCUT2D eigenvalue weighted by molar-refractivity contribution is -0.130. The van der Waals surface area contributed by atoms with Gasteiger partial charge in [-0.25, -0.2) is 0 Å². The summed E-state index contributed by atoms with van der Waals surface area (Å²) >= 11 is 0. The zero-order valence-electron chi connectivity index (χ0n) is 14.1. The Bertz CT molecular complexity index is 923. The van der Waals surface area contributed by atoms with Gasteiger partial charge >= 0.3 is 0 Å². The van der Waals surface area contributed by atoms with Crippen molar-refractivity contribution in [2.24, 2.45) is 0 Å². The van der Waals surface area contributed by atoms with E-state index in [0.29, 0.717) is 30.4 Å². The van der Waals surface area contributed by atoms with Crippen molar-refractivity contribution in [1.29, 1.82) is 0 Å². The van der Waals surface area contributed by atoms with Crippen LogP contribution in [0.4, 0.5) is 0 Å². The van der Waals surface area contributed by atoms with Gasteiger partial charge in [0.25, 0.3) is 5.91 Å². The number of amides is 1. The van der Waals surface area contributed by atoms with E-state index in [0.717, 1.165) is 10.9 Å². The topological polar surface area (TPSA) is 69.7 Å². The lowest BCUT2D eigenvalue weighted by Crippen LogP contribution is -2.45. The summed E-state index contributed by atoms with van der Waals surface area (Å²) < 4.78 is 17.0. The van der Waals surface area contributed by atoms with E-state index in [9.17, 15) is 4.79 Å². The third kappa shape index (κ3) is 3.39. The third-order valence-electron chi connectivity index (χ3n) is 4.06. The molecule has 0 saturated carbocycles. The maximum atomic E-state index is 12.2. The monoisotopic (exact) mass is 350 g/mol. The first kappa shape index (κ1) is 16.2. The van der Waals surface area contributed by atoms with Crippen molar-refractivity contribution in [3.63, 3.8) is 0 Å². The number of pyridine rings is 1. The van der Waals surface area contributed by atoms with Gasteiger partial charge in [0.2, 0.25) is 6.10 Å². The molecule has 0 radical (unpaired) electrons. The van der Waals surface area contributed by atoms with E-state index in [2.05, 4.69) is 10.3 Å². The maximum Gasteiger partial charge on any atom is 0.264 e. The van der Waals surface area contributed by atoms with Crippen LogP contribution in [0.5, 0.6) is 17.2 Å². The van der Waals surface area contributed by atoms with Crippen LogP contribution in [0.15, 0.2) is 60.8 Å². The molecule has 1 amide bonds. The van der Waals surface area contributed by atoms with E-state index in [4.69, 9.17) is 14.2 Å². The summed E-state index contributed by atoms with van der Waals surface area (Å²) in [6.07, 6.45) is 1.07. The summed E-state index contributed by atoms with van der Waals surface area (Å²) in [5.41, 5.74) is 0.807. The molecule has 1 unspecified atom stereocenters. The van der Waals surface area contributed by atoms with E-state index in [-0.39, 0.29) is 12.5 Å². The average Bonchev–Trinajstić information content (AvgIpc) is 2.70. The maximum absolute atomic E-state index is 12.2. The molecule has 2 heterocycles. The van der Waals surface area contributed by atoms with Crippen LogP contribution in [0.25, 0.3) is 10.9 Å². The fraction of sp³-hybridized carbons (Fsp3) is 0.200. The molecule has 3 aromatic rings. The van der Waals surface area contributed by atoms with Crippen LogP contribution in [0.2, 0.25) is 0 Å². The van der Waals surface area contributed by atoms with Gasteiger partial charge in [-0.1, -0.05) is 30.3 Å². The second-order valence-corrected chi connectivity index (χ2v) is 5.83. The van der Waals surface area contributed by atoms with Crippen LogP contribution in [0, 0.1) is 0 Å². The van der Waals surface area contributed by atoms with Gasteiger partial charge in [0.1, 0.15) is 24.5 Å². The van der Waals surface area contributed by atoms with Crippen LogP contribution in [0.3, 0.4) is 0 Å².